The molecule has 1 atom stereocenters. The molecule has 0 saturated heterocycles. The van der Waals surface area contributed by atoms with Crippen LogP contribution in [0, 0.1) is 6.92 Å². The third kappa shape index (κ3) is 2.93. The summed E-state index contributed by atoms with van der Waals surface area (Å²) in [6, 6.07) is -0.189. The second-order valence-corrected chi connectivity index (χ2v) is 3.92. The van der Waals surface area contributed by atoms with Gasteiger partial charge in [0.05, 0.1) is 0 Å². The number of aromatic nitrogens is 2. The summed E-state index contributed by atoms with van der Waals surface area (Å²) in [5, 5.41) is 3.11. The van der Waals surface area contributed by atoms with Gasteiger partial charge in [-0.15, -0.1) is 0 Å². The first-order valence-corrected chi connectivity index (χ1v) is 5.88. The Kier molecular flexibility index (Phi) is 4.43. The minimum Gasteiger partial charge on any atom is -0.358 e. The molecular formula is C12H22N4O. The standard InChI is InChI=1S/C10H14N4O.C2H6.H2/c1-6-11-5-7-4-8(10(15)14(2)3)13-9(7)12-6;1-2;/h5,8H,4H2,1-3H3,(H,11,12,13);1-2H3;1H/t8-;;/m0../s1. The number of rotatable bonds is 1. The minimum absolute atomic E-state index is 0. The molecular weight excluding hydrogens is 216 g/mol. The van der Waals surface area contributed by atoms with Crippen molar-refractivity contribution < 1.29 is 6.22 Å². The summed E-state index contributed by atoms with van der Waals surface area (Å²) in [4.78, 5) is 21.7. The monoisotopic (exact) mass is 238 g/mol. The second-order valence-electron chi connectivity index (χ2n) is 3.92. The van der Waals surface area contributed by atoms with Crippen molar-refractivity contribution in [3.8, 4) is 0 Å². The average Bonchev–Trinajstić information content (AvgIpc) is 2.73. The van der Waals surface area contributed by atoms with Crippen LogP contribution in [0.15, 0.2) is 6.20 Å². The van der Waals surface area contributed by atoms with Gasteiger partial charge in [-0.2, -0.15) is 0 Å². The van der Waals surface area contributed by atoms with Crippen LogP contribution in [0.2, 0.25) is 0 Å². The zero-order valence-electron chi connectivity index (χ0n) is 11.1. The number of aryl methyl sites for hydroxylation is 1. The lowest BCUT2D eigenvalue weighted by Gasteiger charge is -2.15. The van der Waals surface area contributed by atoms with Gasteiger partial charge < -0.3 is 10.2 Å². The van der Waals surface area contributed by atoms with Crippen molar-refractivity contribution in [2.75, 3.05) is 19.4 Å². The van der Waals surface area contributed by atoms with E-state index in [1.807, 2.05) is 20.8 Å². The van der Waals surface area contributed by atoms with E-state index in [9.17, 15) is 4.79 Å². The highest BCUT2D eigenvalue weighted by atomic mass is 16.2. The SMILES string of the molecule is CC.Cc1ncc2c(n1)N[C@H](C(=O)N(C)C)C2.[HH]. The predicted molar refractivity (Wildman–Crippen MR) is 70.0 cm³/mol. The summed E-state index contributed by atoms with van der Waals surface area (Å²) < 4.78 is 0. The lowest BCUT2D eigenvalue weighted by molar-refractivity contribution is -0.129. The molecule has 1 aromatic heterocycles. The summed E-state index contributed by atoms with van der Waals surface area (Å²) in [7, 11) is 3.51. The topological polar surface area (TPSA) is 58.1 Å². The fourth-order valence-electron chi connectivity index (χ4n) is 1.67. The summed E-state index contributed by atoms with van der Waals surface area (Å²) in [5.41, 5.74) is 1.01. The molecule has 1 aliphatic rings. The zero-order chi connectivity index (χ0) is 13.0. The van der Waals surface area contributed by atoms with E-state index in [-0.39, 0.29) is 13.4 Å². The Morgan fingerprint density at radius 3 is 2.76 bits per heavy atom. The van der Waals surface area contributed by atoms with Crippen molar-refractivity contribution in [2.45, 2.75) is 33.2 Å². The van der Waals surface area contributed by atoms with Crippen molar-refractivity contribution in [3.63, 3.8) is 0 Å². The summed E-state index contributed by atoms with van der Waals surface area (Å²) >= 11 is 0. The Morgan fingerprint density at radius 1 is 1.53 bits per heavy atom. The molecule has 0 aromatic carbocycles. The van der Waals surface area contributed by atoms with E-state index in [0.29, 0.717) is 6.42 Å². The largest absolute Gasteiger partial charge is 0.358 e. The molecule has 1 aromatic rings. The number of fused-ring (bicyclic) bond motifs is 1. The molecule has 0 bridgehead atoms. The molecule has 96 valence electrons. The fraction of sp³-hybridized carbons (Fsp3) is 0.583. The fourth-order valence-corrected chi connectivity index (χ4v) is 1.67. The van der Waals surface area contributed by atoms with Crippen LogP contribution in [0.25, 0.3) is 0 Å². The van der Waals surface area contributed by atoms with Gasteiger partial charge >= 0.3 is 0 Å². The Balaban J connectivity index is 0.000000917. The molecule has 5 heteroatoms. The van der Waals surface area contributed by atoms with Crippen molar-refractivity contribution in [2.24, 2.45) is 0 Å². The van der Waals surface area contributed by atoms with Crippen LogP contribution in [0.4, 0.5) is 5.82 Å². The van der Waals surface area contributed by atoms with E-state index < -0.39 is 0 Å². The maximum absolute atomic E-state index is 11.7. The van der Waals surface area contributed by atoms with Gasteiger partial charge in [0, 0.05) is 33.7 Å². The van der Waals surface area contributed by atoms with Crippen molar-refractivity contribution in [1.82, 2.24) is 14.9 Å². The molecule has 0 spiro atoms. The molecule has 0 fully saturated rings. The van der Waals surface area contributed by atoms with Gasteiger partial charge in [0.1, 0.15) is 17.7 Å². The molecule has 0 aliphatic carbocycles. The number of nitrogens with one attached hydrogen (secondary N) is 1. The first kappa shape index (κ1) is 13.4. The van der Waals surface area contributed by atoms with E-state index in [1.165, 1.54) is 0 Å². The molecule has 17 heavy (non-hydrogen) atoms. The summed E-state index contributed by atoms with van der Waals surface area (Å²) in [6.45, 7) is 5.84. The zero-order valence-corrected chi connectivity index (χ0v) is 11.1. The number of likely N-dealkylation sites (N-methyl/N-ethyl adjacent to an activating group) is 1. The lowest BCUT2D eigenvalue weighted by Crippen LogP contribution is -2.37. The number of hydrogen-bond donors (Lipinski definition) is 1. The Bertz CT molecular complexity index is 409. The van der Waals surface area contributed by atoms with Gasteiger partial charge in [0.2, 0.25) is 5.91 Å². The molecule has 0 radical (unpaired) electrons. The molecule has 1 amide bonds. The van der Waals surface area contributed by atoms with Gasteiger partial charge in [-0.3, -0.25) is 4.79 Å². The number of nitrogens with zero attached hydrogens (tertiary/aromatic N) is 3. The second kappa shape index (κ2) is 5.61. The van der Waals surface area contributed by atoms with Gasteiger partial charge in [-0.1, -0.05) is 13.8 Å². The number of carbonyl (C=O) groups is 1. The Labute approximate surface area is 104 Å². The summed E-state index contributed by atoms with van der Waals surface area (Å²) in [6.07, 6.45) is 2.46. The van der Waals surface area contributed by atoms with E-state index in [2.05, 4.69) is 15.3 Å². The number of carbonyl (C=O) groups excluding carboxylic acids is 1. The number of hydrogen-bond acceptors (Lipinski definition) is 4. The van der Waals surface area contributed by atoms with Crippen molar-refractivity contribution in [3.05, 3.63) is 17.6 Å². The highest BCUT2D eigenvalue weighted by molar-refractivity contribution is 5.86. The van der Waals surface area contributed by atoms with Crippen LogP contribution in [0.1, 0.15) is 26.7 Å². The van der Waals surface area contributed by atoms with Crippen LogP contribution in [-0.2, 0) is 11.2 Å². The summed E-state index contributed by atoms with van der Waals surface area (Å²) in [5.74, 6) is 1.59. The van der Waals surface area contributed by atoms with Gasteiger partial charge in [-0.05, 0) is 6.92 Å². The Morgan fingerprint density at radius 2 is 2.18 bits per heavy atom. The lowest BCUT2D eigenvalue weighted by atomic mass is 10.1. The Hall–Kier alpha value is -1.65. The third-order valence-corrected chi connectivity index (χ3v) is 2.46. The van der Waals surface area contributed by atoms with Gasteiger partial charge in [0.15, 0.2) is 0 Å². The van der Waals surface area contributed by atoms with Crippen LogP contribution in [-0.4, -0.2) is 40.9 Å². The molecule has 1 aliphatic heterocycles. The third-order valence-electron chi connectivity index (χ3n) is 2.46. The van der Waals surface area contributed by atoms with Crippen LogP contribution in [0.5, 0.6) is 0 Å². The van der Waals surface area contributed by atoms with Gasteiger partial charge in [0.25, 0.3) is 0 Å². The van der Waals surface area contributed by atoms with Crippen LogP contribution < -0.4 is 5.32 Å². The molecule has 1 N–H and O–H groups in total. The van der Waals surface area contributed by atoms with E-state index in [4.69, 9.17) is 0 Å². The van der Waals surface area contributed by atoms with E-state index in [1.54, 1.807) is 25.2 Å². The maximum Gasteiger partial charge on any atom is 0.244 e. The van der Waals surface area contributed by atoms with Crippen molar-refractivity contribution >= 4 is 11.7 Å². The quantitative estimate of drug-likeness (QED) is 0.805. The molecule has 0 unspecified atom stereocenters. The van der Waals surface area contributed by atoms with Crippen LogP contribution in [0.3, 0.4) is 0 Å². The molecule has 0 saturated carbocycles. The predicted octanol–water partition coefficient (Wildman–Crippen LogP) is 1.48. The molecule has 2 heterocycles. The van der Waals surface area contributed by atoms with E-state index in [0.717, 1.165) is 17.2 Å². The normalized spacial score (nSPS) is 16.4. The van der Waals surface area contributed by atoms with Gasteiger partial charge in [-0.25, -0.2) is 9.97 Å². The molecule has 5 nitrogen and oxygen atoms in total. The first-order chi connectivity index (χ1) is 8.08. The van der Waals surface area contributed by atoms with Crippen molar-refractivity contribution in [1.29, 1.82) is 0 Å². The number of amides is 1. The minimum atomic E-state index is -0.189. The highest BCUT2D eigenvalue weighted by Gasteiger charge is 2.28. The average molecular weight is 238 g/mol. The first-order valence-electron chi connectivity index (χ1n) is 5.88. The smallest absolute Gasteiger partial charge is 0.244 e. The van der Waals surface area contributed by atoms with E-state index >= 15 is 0 Å². The van der Waals surface area contributed by atoms with Crippen LogP contribution >= 0.6 is 0 Å². The molecule has 2 rings (SSSR count). The highest BCUT2D eigenvalue weighted by Crippen LogP contribution is 2.23. The maximum atomic E-state index is 11.7. The number of anilines is 1.